The van der Waals surface area contributed by atoms with Crippen LogP contribution in [-0.4, -0.2) is 5.11 Å². The van der Waals surface area contributed by atoms with E-state index in [1.807, 2.05) is 12.1 Å². The third kappa shape index (κ3) is 1.60. The predicted molar refractivity (Wildman–Crippen MR) is 74.9 cm³/mol. The summed E-state index contributed by atoms with van der Waals surface area (Å²) in [5.74, 6) is 1.19. The van der Waals surface area contributed by atoms with Crippen molar-refractivity contribution in [3.8, 4) is 5.75 Å². The lowest BCUT2D eigenvalue weighted by atomic mass is 9.50. The summed E-state index contributed by atoms with van der Waals surface area (Å²) < 4.78 is 0. The van der Waals surface area contributed by atoms with Crippen molar-refractivity contribution >= 4 is 0 Å². The molecule has 1 unspecified atom stereocenters. The first-order valence-corrected chi connectivity index (χ1v) is 7.26. The lowest BCUT2D eigenvalue weighted by Gasteiger charge is -2.54. The molecule has 1 saturated carbocycles. The van der Waals surface area contributed by atoms with Crippen molar-refractivity contribution in [2.45, 2.75) is 58.3 Å². The van der Waals surface area contributed by atoms with Gasteiger partial charge >= 0.3 is 0 Å². The number of benzene rings is 1. The molecule has 1 N–H and O–H groups in total. The van der Waals surface area contributed by atoms with Gasteiger partial charge in [0.2, 0.25) is 0 Å². The number of aryl methyl sites for hydroxylation is 1. The zero-order chi connectivity index (χ0) is 13.0. The number of aromatic hydroxyl groups is 1. The number of hydrogen-bond acceptors (Lipinski definition) is 1. The highest BCUT2D eigenvalue weighted by atomic mass is 16.3. The van der Waals surface area contributed by atoms with Gasteiger partial charge in [0.05, 0.1) is 0 Å². The molecule has 0 radical (unpaired) electrons. The van der Waals surface area contributed by atoms with E-state index in [9.17, 15) is 5.11 Å². The molecule has 0 saturated heterocycles. The van der Waals surface area contributed by atoms with Gasteiger partial charge in [0.15, 0.2) is 0 Å². The Bertz CT molecular complexity index is 474. The molecule has 18 heavy (non-hydrogen) atoms. The molecule has 2 aliphatic rings. The second kappa shape index (κ2) is 3.76. The van der Waals surface area contributed by atoms with Gasteiger partial charge in [-0.25, -0.2) is 0 Å². The summed E-state index contributed by atoms with van der Waals surface area (Å²) in [7, 11) is 0. The van der Waals surface area contributed by atoms with Gasteiger partial charge in [-0.05, 0) is 65.7 Å². The minimum atomic E-state index is 0.272. The maximum absolute atomic E-state index is 9.82. The number of phenols is 1. The molecule has 0 heterocycles. The molecule has 1 fully saturated rings. The first-order chi connectivity index (χ1) is 8.43. The maximum Gasteiger partial charge on any atom is 0.115 e. The molecule has 0 bridgehead atoms. The average molecular weight is 244 g/mol. The minimum Gasteiger partial charge on any atom is -0.508 e. The van der Waals surface area contributed by atoms with E-state index >= 15 is 0 Å². The van der Waals surface area contributed by atoms with Crippen LogP contribution >= 0.6 is 0 Å². The molecule has 0 amide bonds. The Hall–Kier alpha value is -0.980. The molecule has 0 aliphatic heterocycles. The number of rotatable bonds is 0. The second-order valence-corrected chi connectivity index (χ2v) is 7.19. The zero-order valence-corrected chi connectivity index (χ0v) is 11.8. The van der Waals surface area contributed by atoms with E-state index in [0.717, 1.165) is 5.92 Å². The van der Waals surface area contributed by atoms with E-state index in [1.165, 1.54) is 43.2 Å². The second-order valence-electron chi connectivity index (χ2n) is 7.19. The molecule has 2 aliphatic carbocycles. The number of hydrogen-bond donors (Lipinski definition) is 1. The number of fused-ring (bicyclic) bond motifs is 3. The van der Waals surface area contributed by atoms with Crippen LogP contribution in [0.3, 0.4) is 0 Å². The molecule has 2 atom stereocenters. The Labute approximate surface area is 110 Å². The van der Waals surface area contributed by atoms with E-state index in [1.54, 1.807) is 0 Å². The van der Waals surface area contributed by atoms with Crippen molar-refractivity contribution in [2.24, 2.45) is 11.3 Å². The largest absolute Gasteiger partial charge is 0.508 e. The van der Waals surface area contributed by atoms with Gasteiger partial charge in [-0.1, -0.05) is 33.3 Å². The molecule has 1 aromatic rings. The summed E-state index contributed by atoms with van der Waals surface area (Å²) in [5, 5.41) is 9.82. The summed E-state index contributed by atoms with van der Waals surface area (Å²) in [6.45, 7) is 7.29. The highest BCUT2D eigenvalue weighted by Gasteiger charge is 2.49. The number of phenolic OH excluding ortho intramolecular Hbond substituents is 1. The van der Waals surface area contributed by atoms with Crippen LogP contribution in [0.5, 0.6) is 5.75 Å². The fourth-order valence-corrected chi connectivity index (χ4v) is 4.77. The minimum absolute atomic E-state index is 0.272. The third-order valence-corrected chi connectivity index (χ3v) is 5.64. The van der Waals surface area contributed by atoms with Gasteiger partial charge in [-0.15, -0.1) is 0 Å². The lowest BCUT2D eigenvalue weighted by Crippen LogP contribution is -2.47. The van der Waals surface area contributed by atoms with Gasteiger partial charge in [-0.2, -0.15) is 0 Å². The van der Waals surface area contributed by atoms with Crippen LogP contribution in [0.1, 0.15) is 57.6 Å². The maximum atomic E-state index is 9.82. The first kappa shape index (κ1) is 12.1. The molecule has 3 rings (SSSR count). The van der Waals surface area contributed by atoms with E-state index in [4.69, 9.17) is 0 Å². The summed E-state index contributed by atoms with van der Waals surface area (Å²) in [6, 6.07) is 6.01. The molecule has 1 nitrogen and oxygen atoms in total. The Morgan fingerprint density at radius 3 is 2.72 bits per heavy atom. The van der Waals surface area contributed by atoms with Crippen LogP contribution < -0.4 is 0 Å². The summed E-state index contributed by atoms with van der Waals surface area (Å²) in [4.78, 5) is 0. The van der Waals surface area contributed by atoms with Crippen molar-refractivity contribution in [1.82, 2.24) is 0 Å². The Morgan fingerprint density at radius 2 is 1.94 bits per heavy atom. The average Bonchev–Trinajstić information content (AvgIpc) is 2.29. The van der Waals surface area contributed by atoms with Crippen LogP contribution in [0.25, 0.3) is 0 Å². The van der Waals surface area contributed by atoms with Crippen LogP contribution in [0.15, 0.2) is 18.2 Å². The normalized spacial score (nSPS) is 33.6. The molecular weight excluding hydrogens is 220 g/mol. The Morgan fingerprint density at radius 1 is 1.17 bits per heavy atom. The quantitative estimate of drug-likeness (QED) is 0.716. The van der Waals surface area contributed by atoms with Crippen LogP contribution in [0, 0.1) is 11.3 Å². The molecule has 1 heteroatoms. The van der Waals surface area contributed by atoms with Gasteiger partial charge in [0, 0.05) is 0 Å². The van der Waals surface area contributed by atoms with Crippen LogP contribution in [0.4, 0.5) is 0 Å². The molecule has 0 aromatic heterocycles. The fraction of sp³-hybridized carbons (Fsp3) is 0.647. The highest BCUT2D eigenvalue weighted by molar-refractivity contribution is 5.43. The van der Waals surface area contributed by atoms with E-state index in [-0.39, 0.29) is 5.41 Å². The SMILES string of the molecule is CC1(C)CCC[C@]2(C)c3cc(O)ccc3CCC12. The van der Waals surface area contributed by atoms with Gasteiger partial charge in [0.1, 0.15) is 5.75 Å². The Kier molecular flexibility index (Phi) is 2.52. The van der Waals surface area contributed by atoms with E-state index in [0.29, 0.717) is 11.2 Å². The predicted octanol–water partition coefficient (Wildman–Crippen LogP) is 4.42. The van der Waals surface area contributed by atoms with E-state index in [2.05, 4.69) is 26.8 Å². The van der Waals surface area contributed by atoms with E-state index < -0.39 is 0 Å². The standard InChI is InChI=1S/C17H24O/c1-16(2)9-4-10-17(3)14-11-13(18)7-5-12(14)6-8-15(16)17/h5,7,11,15,18H,4,6,8-10H2,1-3H3/t15?,17-/m1/s1. The molecule has 98 valence electrons. The van der Waals surface area contributed by atoms with Crippen molar-refractivity contribution < 1.29 is 5.11 Å². The fourth-order valence-electron chi connectivity index (χ4n) is 4.77. The van der Waals surface area contributed by atoms with Gasteiger partial charge in [-0.3, -0.25) is 0 Å². The highest BCUT2D eigenvalue weighted by Crippen LogP contribution is 2.57. The van der Waals surface area contributed by atoms with Crippen molar-refractivity contribution in [3.05, 3.63) is 29.3 Å². The summed E-state index contributed by atoms with van der Waals surface area (Å²) in [5.41, 5.74) is 3.60. The topological polar surface area (TPSA) is 20.2 Å². The van der Waals surface area contributed by atoms with Gasteiger partial charge in [0.25, 0.3) is 0 Å². The van der Waals surface area contributed by atoms with Crippen molar-refractivity contribution in [2.75, 3.05) is 0 Å². The first-order valence-electron chi connectivity index (χ1n) is 7.26. The van der Waals surface area contributed by atoms with Gasteiger partial charge < -0.3 is 5.11 Å². The monoisotopic (exact) mass is 244 g/mol. The van der Waals surface area contributed by atoms with Crippen molar-refractivity contribution in [1.29, 1.82) is 0 Å². The smallest absolute Gasteiger partial charge is 0.115 e. The zero-order valence-electron chi connectivity index (χ0n) is 11.8. The summed E-state index contributed by atoms with van der Waals surface area (Å²) in [6.07, 6.45) is 6.43. The lowest BCUT2D eigenvalue weighted by molar-refractivity contribution is 0.0406. The van der Waals surface area contributed by atoms with Crippen LogP contribution in [0.2, 0.25) is 0 Å². The van der Waals surface area contributed by atoms with Crippen molar-refractivity contribution in [3.63, 3.8) is 0 Å². The third-order valence-electron chi connectivity index (χ3n) is 5.64. The molecular formula is C17H24O. The molecule has 0 spiro atoms. The van der Waals surface area contributed by atoms with Crippen LogP contribution in [-0.2, 0) is 11.8 Å². The Balaban J connectivity index is 2.13. The summed E-state index contributed by atoms with van der Waals surface area (Å²) >= 11 is 0. The molecule has 1 aromatic carbocycles.